The summed E-state index contributed by atoms with van der Waals surface area (Å²) in [5.74, 6) is 0.961. The van der Waals surface area contributed by atoms with E-state index in [4.69, 9.17) is 0 Å². The van der Waals surface area contributed by atoms with Crippen molar-refractivity contribution >= 4 is 27.7 Å². The Morgan fingerprint density at radius 1 is 1.57 bits per heavy atom. The van der Waals surface area contributed by atoms with Crippen LogP contribution in [0.25, 0.3) is 0 Å². The van der Waals surface area contributed by atoms with E-state index in [-0.39, 0.29) is 11.8 Å². The standard InChI is InChI=1S/C10H11BrN2O/c1-6-8(11)4-5-9(12-6)13-10(14)7-2-3-7/h4-5,7H,2-3H2,1H3,(H,12,13,14). The molecule has 1 aromatic heterocycles. The van der Waals surface area contributed by atoms with Crippen molar-refractivity contribution in [2.75, 3.05) is 5.32 Å². The van der Waals surface area contributed by atoms with Gasteiger partial charge in [0.25, 0.3) is 0 Å². The van der Waals surface area contributed by atoms with Gasteiger partial charge in [0.2, 0.25) is 5.91 Å². The summed E-state index contributed by atoms with van der Waals surface area (Å²) in [5.41, 5.74) is 0.888. The van der Waals surface area contributed by atoms with E-state index in [1.54, 1.807) is 6.07 Å². The van der Waals surface area contributed by atoms with E-state index in [1.165, 1.54) is 0 Å². The zero-order valence-corrected chi connectivity index (χ0v) is 9.47. The molecule has 3 nitrogen and oxygen atoms in total. The zero-order valence-electron chi connectivity index (χ0n) is 7.88. The minimum absolute atomic E-state index is 0.0965. The van der Waals surface area contributed by atoms with Gasteiger partial charge in [-0.3, -0.25) is 4.79 Å². The predicted octanol–water partition coefficient (Wildman–Crippen LogP) is 2.50. The first-order valence-corrected chi connectivity index (χ1v) is 5.40. The molecule has 1 amide bonds. The van der Waals surface area contributed by atoms with E-state index < -0.39 is 0 Å². The Kier molecular flexibility index (Phi) is 2.54. The molecule has 0 aliphatic heterocycles. The molecule has 74 valence electrons. The van der Waals surface area contributed by atoms with Gasteiger partial charge in [0.1, 0.15) is 5.82 Å². The quantitative estimate of drug-likeness (QED) is 0.882. The van der Waals surface area contributed by atoms with Gasteiger partial charge in [0, 0.05) is 10.4 Å². The highest BCUT2D eigenvalue weighted by atomic mass is 79.9. The highest BCUT2D eigenvalue weighted by molar-refractivity contribution is 9.10. The SMILES string of the molecule is Cc1nc(NC(=O)C2CC2)ccc1Br. The first-order chi connectivity index (χ1) is 6.66. The molecule has 1 aromatic rings. The normalized spacial score (nSPS) is 15.3. The third kappa shape index (κ3) is 2.12. The Morgan fingerprint density at radius 2 is 2.29 bits per heavy atom. The maximum atomic E-state index is 11.4. The molecule has 1 heterocycles. The largest absolute Gasteiger partial charge is 0.310 e. The number of rotatable bonds is 2. The molecule has 1 saturated carbocycles. The van der Waals surface area contributed by atoms with Crippen molar-refractivity contribution in [3.8, 4) is 0 Å². The van der Waals surface area contributed by atoms with Crippen molar-refractivity contribution in [3.05, 3.63) is 22.3 Å². The van der Waals surface area contributed by atoms with Crippen molar-refractivity contribution in [2.24, 2.45) is 5.92 Å². The number of carbonyl (C=O) groups excluding carboxylic acids is 1. The predicted molar refractivity (Wildman–Crippen MR) is 58.0 cm³/mol. The molecule has 0 saturated heterocycles. The van der Waals surface area contributed by atoms with E-state index in [9.17, 15) is 4.79 Å². The van der Waals surface area contributed by atoms with E-state index >= 15 is 0 Å². The van der Waals surface area contributed by atoms with Gasteiger partial charge in [-0.05, 0) is 47.8 Å². The monoisotopic (exact) mass is 254 g/mol. The third-order valence-electron chi connectivity index (χ3n) is 2.22. The number of aromatic nitrogens is 1. The first kappa shape index (κ1) is 9.65. The van der Waals surface area contributed by atoms with Crippen LogP contribution in [0.2, 0.25) is 0 Å². The van der Waals surface area contributed by atoms with E-state index in [0.717, 1.165) is 23.0 Å². The molecule has 0 aromatic carbocycles. The summed E-state index contributed by atoms with van der Waals surface area (Å²) in [4.78, 5) is 15.7. The van der Waals surface area contributed by atoms with Crippen LogP contribution in [0.3, 0.4) is 0 Å². The van der Waals surface area contributed by atoms with Crippen molar-refractivity contribution in [2.45, 2.75) is 19.8 Å². The van der Waals surface area contributed by atoms with Crippen molar-refractivity contribution < 1.29 is 4.79 Å². The fourth-order valence-electron chi connectivity index (χ4n) is 1.19. The van der Waals surface area contributed by atoms with Crippen LogP contribution < -0.4 is 5.32 Å². The Balaban J connectivity index is 2.08. The Morgan fingerprint density at radius 3 is 2.86 bits per heavy atom. The molecule has 0 atom stereocenters. The summed E-state index contributed by atoms with van der Waals surface area (Å²) in [6.45, 7) is 1.90. The number of hydrogen-bond acceptors (Lipinski definition) is 2. The van der Waals surface area contributed by atoms with Crippen LogP contribution in [0.5, 0.6) is 0 Å². The third-order valence-corrected chi connectivity index (χ3v) is 3.06. The van der Waals surface area contributed by atoms with Crippen LogP contribution in [-0.4, -0.2) is 10.9 Å². The van der Waals surface area contributed by atoms with Gasteiger partial charge in [-0.25, -0.2) is 4.98 Å². The number of anilines is 1. The summed E-state index contributed by atoms with van der Waals surface area (Å²) in [6.07, 6.45) is 2.03. The molecule has 1 fully saturated rings. The highest BCUT2D eigenvalue weighted by Gasteiger charge is 2.29. The van der Waals surface area contributed by atoms with E-state index in [2.05, 4.69) is 26.2 Å². The molecule has 0 unspecified atom stereocenters. The molecular weight excluding hydrogens is 244 g/mol. The van der Waals surface area contributed by atoms with Crippen molar-refractivity contribution in [1.82, 2.24) is 4.98 Å². The first-order valence-electron chi connectivity index (χ1n) is 4.61. The lowest BCUT2D eigenvalue weighted by Crippen LogP contribution is -2.14. The van der Waals surface area contributed by atoms with Crippen LogP contribution in [0.4, 0.5) is 5.82 Å². The summed E-state index contributed by atoms with van der Waals surface area (Å²) in [5, 5.41) is 2.80. The van der Waals surface area contributed by atoms with Gasteiger partial charge in [-0.1, -0.05) is 0 Å². The number of halogens is 1. The fourth-order valence-corrected chi connectivity index (χ4v) is 1.41. The number of pyridine rings is 1. The van der Waals surface area contributed by atoms with Gasteiger partial charge >= 0.3 is 0 Å². The number of nitrogens with one attached hydrogen (secondary N) is 1. The molecular formula is C10H11BrN2O. The van der Waals surface area contributed by atoms with Crippen LogP contribution in [0, 0.1) is 12.8 Å². The van der Waals surface area contributed by atoms with Crippen LogP contribution in [0.15, 0.2) is 16.6 Å². The molecule has 1 aliphatic rings. The molecule has 14 heavy (non-hydrogen) atoms. The van der Waals surface area contributed by atoms with E-state index in [0.29, 0.717) is 5.82 Å². The van der Waals surface area contributed by atoms with Crippen molar-refractivity contribution in [1.29, 1.82) is 0 Å². The minimum Gasteiger partial charge on any atom is -0.310 e. The lowest BCUT2D eigenvalue weighted by Gasteiger charge is -2.04. The zero-order chi connectivity index (χ0) is 10.1. The molecule has 0 bridgehead atoms. The van der Waals surface area contributed by atoms with E-state index in [1.807, 2.05) is 13.0 Å². The second-order valence-electron chi connectivity index (χ2n) is 3.53. The smallest absolute Gasteiger partial charge is 0.228 e. The number of hydrogen-bond donors (Lipinski definition) is 1. The van der Waals surface area contributed by atoms with Gasteiger partial charge in [-0.2, -0.15) is 0 Å². The number of amides is 1. The number of carbonyl (C=O) groups is 1. The summed E-state index contributed by atoms with van der Waals surface area (Å²) in [6, 6.07) is 3.70. The number of aryl methyl sites for hydroxylation is 1. The topological polar surface area (TPSA) is 42.0 Å². The molecule has 0 spiro atoms. The maximum Gasteiger partial charge on any atom is 0.228 e. The lowest BCUT2D eigenvalue weighted by atomic mass is 10.3. The van der Waals surface area contributed by atoms with Gasteiger partial charge in [-0.15, -0.1) is 0 Å². The van der Waals surface area contributed by atoms with Gasteiger partial charge in [0.15, 0.2) is 0 Å². The Bertz CT molecular complexity index is 374. The second kappa shape index (κ2) is 3.69. The lowest BCUT2D eigenvalue weighted by molar-refractivity contribution is -0.117. The summed E-state index contributed by atoms with van der Waals surface area (Å²) < 4.78 is 0.960. The molecule has 4 heteroatoms. The summed E-state index contributed by atoms with van der Waals surface area (Å²) >= 11 is 3.36. The highest BCUT2D eigenvalue weighted by Crippen LogP contribution is 2.30. The maximum absolute atomic E-state index is 11.4. The van der Waals surface area contributed by atoms with Crippen molar-refractivity contribution in [3.63, 3.8) is 0 Å². The average molecular weight is 255 g/mol. The minimum atomic E-state index is 0.0965. The molecule has 0 radical (unpaired) electrons. The van der Waals surface area contributed by atoms with Gasteiger partial charge < -0.3 is 5.32 Å². The van der Waals surface area contributed by atoms with Crippen LogP contribution in [0.1, 0.15) is 18.5 Å². The van der Waals surface area contributed by atoms with Gasteiger partial charge in [0.05, 0.1) is 5.69 Å². The summed E-state index contributed by atoms with van der Waals surface area (Å²) in [7, 11) is 0. The van der Waals surface area contributed by atoms with Crippen LogP contribution in [-0.2, 0) is 4.79 Å². The fraction of sp³-hybridized carbons (Fsp3) is 0.400. The average Bonchev–Trinajstić information content (AvgIpc) is 2.94. The molecule has 2 rings (SSSR count). The van der Waals surface area contributed by atoms with Crippen LogP contribution >= 0.6 is 15.9 Å². The Hall–Kier alpha value is -0.900. The molecule has 1 aliphatic carbocycles. The Labute approximate surface area is 91.0 Å². The molecule has 1 N–H and O–H groups in total. The second-order valence-corrected chi connectivity index (χ2v) is 4.38. The number of nitrogens with zero attached hydrogens (tertiary/aromatic N) is 1.